The molecular weight excluding hydrogens is 703 g/mol. The average molecular weight is 725 g/mol. The Morgan fingerprint density at radius 2 is 1.38 bits per heavy atom. The van der Waals surface area contributed by atoms with Crippen molar-refractivity contribution < 1.29 is 63.7 Å². The van der Waals surface area contributed by atoms with Crippen molar-refractivity contribution in [1.29, 1.82) is 0 Å². The monoisotopic (exact) mass is 724 g/mol. The number of aliphatic carboxylic acids is 3. The van der Waals surface area contributed by atoms with Crippen LogP contribution in [-0.2, 0) is 24.7 Å². The Kier molecular flexibility index (Phi) is 8.55. The first-order valence-electron chi connectivity index (χ1n) is 14.3. The van der Waals surface area contributed by atoms with Crippen LogP contribution in [0.4, 0.5) is 11.4 Å². The number of phenolic OH excluding ortho intramolecular Hbond substituents is 2. The van der Waals surface area contributed by atoms with Crippen LogP contribution in [0, 0.1) is 0 Å². The number of carbonyl (C=O) groups excluding carboxylic acids is 2. The topological polar surface area (TPSA) is 229 Å². The third-order valence-corrected chi connectivity index (χ3v) is 8.37. The summed E-state index contributed by atoms with van der Waals surface area (Å²) in [6.45, 7) is -2.37. The maximum absolute atomic E-state index is 13.5. The van der Waals surface area contributed by atoms with Gasteiger partial charge in [0.05, 0.1) is 21.3 Å². The van der Waals surface area contributed by atoms with Crippen LogP contribution < -0.4 is 19.7 Å². The molecule has 0 unspecified atom stereocenters. The van der Waals surface area contributed by atoms with E-state index in [1.165, 1.54) is 60.7 Å². The number of anilines is 2. The number of amides is 1. The molecule has 2 heterocycles. The second-order valence-corrected chi connectivity index (χ2v) is 11.8. The minimum atomic E-state index is -1.72. The molecule has 0 saturated carbocycles. The summed E-state index contributed by atoms with van der Waals surface area (Å²) in [6, 6.07) is 13.1. The zero-order valence-corrected chi connectivity index (χ0v) is 26.6. The third kappa shape index (κ3) is 5.99. The minimum absolute atomic E-state index is 0.0202. The molecule has 0 bridgehead atoms. The van der Waals surface area contributed by atoms with Gasteiger partial charge in [0, 0.05) is 46.1 Å². The molecular formula is C33H22Cl2N2O13. The molecule has 50 heavy (non-hydrogen) atoms. The van der Waals surface area contributed by atoms with Crippen molar-refractivity contribution in [2.45, 2.75) is 5.60 Å². The van der Waals surface area contributed by atoms with Gasteiger partial charge in [0.15, 0.2) is 12.2 Å². The number of benzene rings is 4. The van der Waals surface area contributed by atoms with E-state index >= 15 is 0 Å². The maximum Gasteiger partial charge on any atom is 0.341 e. The van der Waals surface area contributed by atoms with Crippen LogP contribution in [0.5, 0.6) is 28.7 Å². The van der Waals surface area contributed by atoms with E-state index in [0.29, 0.717) is 0 Å². The first-order chi connectivity index (χ1) is 23.7. The van der Waals surface area contributed by atoms with Crippen molar-refractivity contribution in [1.82, 2.24) is 0 Å². The average Bonchev–Trinajstić information content (AvgIpc) is 3.33. The fraction of sp³-hybridized carbons (Fsp3) is 0.121. The van der Waals surface area contributed by atoms with Gasteiger partial charge in [-0.25, -0.2) is 9.59 Å². The van der Waals surface area contributed by atoms with Crippen molar-refractivity contribution in [3.63, 3.8) is 0 Å². The van der Waals surface area contributed by atoms with E-state index in [1.54, 1.807) is 0 Å². The van der Waals surface area contributed by atoms with Crippen LogP contribution >= 0.6 is 23.2 Å². The number of halogens is 2. The number of carboxylic acids is 3. The minimum Gasteiger partial charge on any atom is -0.506 e. The molecule has 15 nitrogen and oxygen atoms in total. The number of hydrogen-bond acceptors (Lipinski definition) is 11. The van der Waals surface area contributed by atoms with E-state index in [2.05, 4.69) is 5.32 Å². The molecule has 0 saturated heterocycles. The number of nitrogens with one attached hydrogen (secondary N) is 1. The summed E-state index contributed by atoms with van der Waals surface area (Å²) in [6.07, 6.45) is 0. The molecule has 0 aromatic heterocycles. The maximum atomic E-state index is 13.5. The summed E-state index contributed by atoms with van der Waals surface area (Å²) < 4.78 is 17.2. The Bertz CT molecular complexity index is 2080. The largest absolute Gasteiger partial charge is 0.506 e. The molecule has 256 valence electrons. The summed E-state index contributed by atoms with van der Waals surface area (Å²) in [5, 5.41) is 50.7. The van der Waals surface area contributed by atoms with Crippen LogP contribution in [0.25, 0.3) is 0 Å². The Morgan fingerprint density at radius 1 is 0.780 bits per heavy atom. The molecule has 0 atom stereocenters. The van der Waals surface area contributed by atoms with E-state index in [-0.39, 0.29) is 78.0 Å². The van der Waals surface area contributed by atoms with Gasteiger partial charge in [0.2, 0.25) is 0 Å². The lowest BCUT2D eigenvalue weighted by Gasteiger charge is -2.36. The normalized spacial score (nSPS) is 13.3. The quantitative estimate of drug-likeness (QED) is 0.122. The first kappa shape index (κ1) is 33.7. The highest BCUT2D eigenvalue weighted by atomic mass is 35.5. The van der Waals surface area contributed by atoms with Crippen LogP contribution in [0.2, 0.25) is 10.0 Å². The van der Waals surface area contributed by atoms with Gasteiger partial charge >= 0.3 is 23.9 Å². The molecule has 6 N–H and O–H groups in total. The molecule has 4 aromatic rings. The highest BCUT2D eigenvalue weighted by molar-refractivity contribution is 6.32. The predicted octanol–water partition coefficient (Wildman–Crippen LogP) is 4.66. The van der Waals surface area contributed by atoms with Crippen molar-refractivity contribution in [2.75, 3.05) is 29.9 Å². The molecule has 2 aliphatic heterocycles. The number of fused-ring (bicyclic) bond motifs is 6. The lowest BCUT2D eigenvalue weighted by molar-refractivity contribution is -0.140. The number of aromatic hydroxyl groups is 2. The number of rotatable bonds is 10. The van der Waals surface area contributed by atoms with Crippen LogP contribution in [-0.4, -0.2) is 75.0 Å². The molecule has 0 fully saturated rings. The molecule has 2 aliphatic rings. The van der Waals surface area contributed by atoms with E-state index in [0.717, 1.165) is 4.90 Å². The third-order valence-electron chi connectivity index (χ3n) is 7.77. The number of carboxylic acid groups (broad SMARTS) is 3. The molecule has 0 aliphatic carbocycles. The SMILES string of the molecule is O=C(O)COc1cc(NC(=O)c2ccc3c(c2)C(=O)OC32c3cc(Cl)c(O)cc3Oc3cc(O)c(Cl)cc32)ccc1N(CC(=O)O)CC(=O)O. The number of nitrogens with zero attached hydrogens (tertiary/aromatic N) is 1. The van der Waals surface area contributed by atoms with Gasteiger partial charge in [-0.15, -0.1) is 0 Å². The van der Waals surface area contributed by atoms with Gasteiger partial charge in [0.1, 0.15) is 41.8 Å². The molecule has 6 rings (SSSR count). The van der Waals surface area contributed by atoms with E-state index in [9.17, 15) is 44.4 Å². The second kappa shape index (κ2) is 12.7. The summed E-state index contributed by atoms with van der Waals surface area (Å²) in [7, 11) is 0. The lowest BCUT2D eigenvalue weighted by atomic mass is 9.77. The highest BCUT2D eigenvalue weighted by Crippen LogP contribution is 2.58. The fourth-order valence-corrected chi connectivity index (χ4v) is 6.07. The van der Waals surface area contributed by atoms with Gasteiger partial charge in [-0.1, -0.05) is 29.3 Å². The van der Waals surface area contributed by atoms with Crippen molar-refractivity contribution in [2.24, 2.45) is 0 Å². The van der Waals surface area contributed by atoms with E-state index in [1.807, 2.05) is 0 Å². The number of esters is 1. The van der Waals surface area contributed by atoms with Gasteiger partial charge < -0.3 is 50.0 Å². The summed E-state index contributed by atoms with van der Waals surface area (Å²) in [5.41, 5.74) is -1.04. The highest BCUT2D eigenvalue weighted by Gasteiger charge is 2.54. The van der Waals surface area contributed by atoms with Crippen molar-refractivity contribution in [3.8, 4) is 28.7 Å². The van der Waals surface area contributed by atoms with E-state index in [4.69, 9.17) is 42.5 Å². The van der Waals surface area contributed by atoms with Gasteiger partial charge in [0.25, 0.3) is 5.91 Å². The van der Waals surface area contributed by atoms with Crippen molar-refractivity contribution >= 4 is 64.4 Å². The molecule has 17 heteroatoms. The Morgan fingerprint density at radius 3 is 1.94 bits per heavy atom. The standard InChI is InChI=1S/C33H22Cl2N2O13/c34-20-7-18-25(9-23(20)38)49-26-10-24(39)21(35)8-19(26)33(18)17-3-1-14(5-16(17)32(47)50-33)31(46)36-15-2-4-22(27(6-15)48-13-30(44)45)37(11-28(40)41)12-29(42)43/h1-10,38-39H,11-13H2,(H,36,46)(H,40,41)(H,42,43)(H,44,45). The molecule has 1 spiro atoms. The van der Waals surface area contributed by atoms with E-state index < -0.39 is 55.1 Å². The zero-order valence-electron chi connectivity index (χ0n) is 25.1. The predicted molar refractivity (Wildman–Crippen MR) is 173 cm³/mol. The van der Waals surface area contributed by atoms with Crippen LogP contribution in [0.3, 0.4) is 0 Å². The molecule has 1 amide bonds. The Balaban J connectivity index is 1.38. The zero-order chi connectivity index (χ0) is 36.1. The molecule has 0 radical (unpaired) electrons. The Hall–Kier alpha value is -6.19. The fourth-order valence-electron chi connectivity index (χ4n) is 5.74. The number of carbonyl (C=O) groups is 5. The Labute approximate surface area is 290 Å². The summed E-state index contributed by atoms with van der Waals surface area (Å²) in [5.74, 6) is -6.40. The van der Waals surface area contributed by atoms with Crippen LogP contribution in [0.15, 0.2) is 60.7 Å². The summed E-state index contributed by atoms with van der Waals surface area (Å²) >= 11 is 12.5. The van der Waals surface area contributed by atoms with Crippen molar-refractivity contribution in [3.05, 3.63) is 98.5 Å². The number of hydrogen-bond donors (Lipinski definition) is 6. The van der Waals surface area contributed by atoms with Gasteiger partial charge in [-0.3, -0.25) is 14.4 Å². The summed E-state index contributed by atoms with van der Waals surface area (Å²) in [4.78, 5) is 61.9. The first-order valence-corrected chi connectivity index (χ1v) is 15.0. The number of phenols is 2. The second-order valence-electron chi connectivity index (χ2n) is 11.0. The van der Waals surface area contributed by atoms with Gasteiger partial charge in [-0.2, -0.15) is 0 Å². The number of ether oxygens (including phenoxy) is 3. The molecule has 4 aromatic carbocycles. The van der Waals surface area contributed by atoms with Gasteiger partial charge in [-0.05, 0) is 36.4 Å². The van der Waals surface area contributed by atoms with Crippen LogP contribution in [0.1, 0.15) is 37.4 Å². The smallest absolute Gasteiger partial charge is 0.341 e. The lowest BCUT2D eigenvalue weighted by Crippen LogP contribution is -2.34.